The topological polar surface area (TPSA) is 77.7 Å². The van der Waals surface area contributed by atoms with Crippen LogP contribution >= 0.6 is 11.8 Å². The molecule has 34 heavy (non-hydrogen) atoms. The van der Waals surface area contributed by atoms with Gasteiger partial charge < -0.3 is 14.3 Å². The Labute approximate surface area is 202 Å². The number of carbonyl (C=O) groups excluding carboxylic acids is 1. The van der Waals surface area contributed by atoms with Crippen molar-refractivity contribution in [2.75, 3.05) is 12.4 Å². The van der Waals surface area contributed by atoms with Crippen LogP contribution in [-0.4, -0.2) is 48.6 Å². The Hall–Kier alpha value is -2.84. The number of fused-ring (bicyclic) bond motifs is 1. The molecule has 4 aromatic rings. The van der Waals surface area contributed by atoms with Gasteiger partial charge in [-0.05, 0) is 51.7 Å². The summed E-state index contributed by atoms with van der Waals surface area (Å²) in [6.07, 6.45) is 6.72. The molecule has 1 atom stereocenters. The van der Waals surface area contributed by atoms with E-state index in [-0.39, 0.29) is 11.9 Å². The summed E-state index contributed by atoms with van der Waals surface area (Å²) in [5.74, 6) is 1.36. The van der Waals surface area contributed by atoms with E-state index in [9.17, 15) is 4.79 Å². The summed E-state index contributed by atoms with van der Waals surface area (Å²) in [6.45, 7) is 5.78. The summed E-state index contributed by atoms with van der Waals surface area (Å²) in [4.78, 5) is 16.6. The number of carbonyl (C=O) groups is 1. The second-order valence-electron chi connectivity index (χ2n) is 9.40. The highest BCUT2D eigenvalue weighted by molar-refractivity contribution is 7.99. The number of ether oxygens (including phenoxy) is 1. The maximum atomic E-state index is 13.2. The summed E-state index contributed by atoms with van der Waals surface area (Å²) in [5, 5.41) is 11.0. The number of H-pyrrole nitrogens is 1. The number of thioether (sulfide) groups is 1. The van der Waals surface area contributed by atoms with E-state index in [1.54, 1.807) is 0 Å². The Balaban J connectivity index is 1.22. The first kappa shape index (κ1) is 21.7. The highest BCUT2D eigenvalue weighted by Crippen LogP contribution is 2.42. The minimum absolute atomic E-state index is 0.135. The van der Waals surface area contributed by atoms with Gasteiger partial charge >= 0.3 is 0 Å². The van der Waals surface area contributed by atoms with Crippen LogP contribution in [0.3, 0.4) is 0 Å². The van der Waals surface area contributed by atoms with E-state index in [0.29, 0.717) is 11.8 Å². The third kappa shape index (κ3) is 3.88. The molecule has 0 amide bonds. The molecule has 4 heterocycles. The quantitative estimate of drug-likeness (QED) is 0.275. The van der Waals surface area contributed by atoms with Crippen molar-refractivity contribution in [3.63, 3.8) is 0 Å². The number of Topliss-reactive ketones (excluding diaryl/α,β-unsaturated/α-hetero) is 1. The zero-order valence-electron chi connectivity index (χ0n) is 19.6. The zero-order chi connectivity index (χ0) is 23.2. The van der Waals surface area contributed by atoms with E-state index in [2.05, 4.69) is 43.4 Å². The Morgan fingerprint density at radius 1 is 1.21 bits per heavy atom. The van der Waals surface area contributed by atoms with Crippen LogP contribution in [0.25, 0.3) is 22.3 Å². The van der Waals surface area contributed by atoms with Crippen molar-refractivity contribution in [2.24, 2.45) is 0 Å². The molecule has 2 fully saturated rings. The highest BCUT2D eigenvalue weighted by atomic mass is 32.2. The number of rotatable bonds is 8. The molecule has 3 aromatic heterocycles. The van der Waals surface area contributed by atoms with Gasteiger partial charge in [0.05, 0.1) is 11.9 Å². The van der Waals surface area contributed by atoms with Crippen molar-refractivity contribution < 1.29 is 9.53 Å². The summed E-state index contributed by atoms with van der Waals surface area (Å²) in [5.41, 5.74) is 5.10. The molecule has 1 aliphatic carbocycles. The number of hydrogen-bond acceptors (Lipinski definition) is 5. The highest BCUT2D eigenvalue weighted by Gasteiger charge is 2.31. The van der Waals surface area contributed by atoms with E-state index in [1.165, 1.54) is 11.8 Å². The third-order valence-electron chi connectivity index (χ3n) is 7.02. The maximum absolute atomic E-state index is 13.2. The largest absolute Gasteiger partial charge is 0.376 e. The second kappa shape index (κ2) is 8.74. The standard InChI is InChI=1S/C26H29N5O2S/c1-16-12-21(17(2)30(16)14-19-6-5-11-33-19)24(32)15-34-26-29-28-25(31(26)18-9-10-18)22-13-27-23-8-4-3-7-20(22)23/h3-4,7-8,12-13,18-19,27H,5-6,9-11,14-15H2,1-2H3/t19-/m0/s1. The average molecular weight is 476 g/mol. The lowest BCUT2D eigenvalue weighted by Gasteiger charge is -2.14. The SMILES string of the molecule is Cc1cc(C(=O)CSc2nnc(-c3c[nH]c4ccccc34)n2C2CC2)c(C)n1C[C@@H]1CCCO1. The molecule has 8 heteroatoms. The van der Waals surface area contributed by atoms with Crippen molar-refractivity contribution in [3.8, 4) is 11.4 Å². The smallest absolute Gasteiger partial charge is 0.192 e. The molecular formula is C26H29N5O2S. The average Bonchev–Trinajstić information content (AvgIpc) is 3.20. The fraction of sp³-hybridized carbons (Fsp3) is 0.423. The third-order valence-corrected chi connectivity index (χ3v) is 7.97. The van der Waals surface area contributed by atoms with Gasteiger partial charge in [0.25, 0.3) is 0 Å². The van der Waals surface area contributed by atoms with Crippen LogP contribution in [0.1, 0.15) is 53.5 Å². The lowest BCUT2D eigenvalue weighted by atomic mass is 10.1. The molecule has 0 bridgehead atoms. The lowest BCUT2D eigenvalue weighted by Crippen LogP contribution is -2.17. The number of aromatic nitrogens is 5. The van der Waals surface area contributed by atoms with E-state index in [0.717, 1.165) is 83.2 Å². The number of benzene rings is 1. The Bertz CT molecular complexity index is 1360. The number of aryl methyl sites for hydroxylation is 1. The normalized spacial score (nSPS) is 18.2. The van der Waals surface area contributed by atoms with Crippen LogP contribution in [0, 0.1) is 13.8 Å². The molecule has 0 unspecified atom stereocenters. The molecule has 1 aromatic carbocycles. The number of nitrogens with zero attached hydrogens (tertiary/aromatic N) is 4. The first-order valence-electron chi connectivity index (χ1n) is 12.1. The molecule has 6 rings (SSSR count). The first-order valence-corrected chi connectivity index (χ1v) is 13.0. The van der Waals surface area contributed by atoms with Crippen molar-refractivity contribution in [3.05, 3.63) is 53.5 Å². The second-order valence-corrected chi connectivity index (χ2v) is 10.3. The van der Waals surface area contributed by atoms with E-state index < -0.39 is 0 Å². The minimum Gasteiger partial charge on any atom is -0.376 e. The fourth-order valence-corrected chi connectivity index (χ4v) is 5.93. The van der Waals surface area contributed by atoms with Gasteiger partial charge in [-0.25, -0.2) is 0 Å². The molecule has 2 aliphatic rings. The van der Waals surface area contributed by atoms with Gasteiger partial charge in [0.15, 0.2) is 16.8 Å². The number of ketones is 1. The van der Waals surface area contributed by atoms with E-state index in [1.807, 2.05) is 31.3 Å². The predicted octanol–water partition coefficient (Wildman–Crippen LogP) is 5.33. The molecule has 1 saturated heterocycles. The molecule has 1 saturated carbocycles. The van der Waals surface area contributed by atoms with Gasteiger partial charge in [-0.1, -0.05) is 30.0 Å². The molecule has 0 spiro atoms. The van der Waals surface area contributed by atoms with Crippen LogP contribution in [0.4, 0.5) is 0 Å². The van der Waals surface area contributed by atoms with Crippen molar-refractivity contribution in [1.82, 2.24) is 24.3 Å². The number of hydrogen-bond donors (Lipinski definition) is 1. The van der Waals surface area contributed by atoms with Crippen molar-refractivity contribution in [1.29, 1.82) is 0 Å². The Morgan fingerprint density at radius 2 is 2.06 bits per heavy atom. The summed E-state index contributed by atoms with van der Waals surface area (Å²) in [6, 6.07) is 10.7. The van der Waals surface area contributed by atoms with E-state index in [4.69, 9.17) is 4.74 Å². The zero-order valence-corrected chi connectivity index (χ0v) is 20.4. The fourth-order valence-electron chi connectivity index (χ4n) is 5.04. The predicted molar refractivity (Wildman–Crippen MR) is 134 cm³/mol. The van der Waals surface area contributed by atoms with Crippen molar-refractivity contribution in [2.45, 2.75) is 63.4 Å². The first-order chi connectivity index (χ1) is 16.6. The van der Waals surface area contributed by atoms with Crippen LogP contribution in [0.2, 0.25) is 0 Å². The Kier molecular flexibility index (Phi) is 5.57. The molecular weight excluding hydrogens is 446 g/mol. The number of aromatic amines is 1. The van der Waals surface area contributed by atoms with E-state index >= 15 is 0 Å². The van der Waals surface area contributed by atoms with Gasteiger partial charge in [0.2, 0.25) is 0 Å². The monoisotopic (exact) mass is 475 g/mol. The van der Waals surface area contributed by atoms with Gasteiger partial charge in [0.1, 0.15) is 0 Å². The molecule has 176 valence electrons. The summed E-state index contributed by atoms with van der Waals surface area (Å²) < 4.78 is 10.3. The Morgan fingerprint density at radius 3 is 2.85 bits per heavy atom. The minimum atomic E-state index is 0.135. The molecule has 7 nitrogen and oxygen atoms in total. The molecule has 1 N–H and O–H groups in total. The summed E-state index contributed by atoms with van der Waals surface area (Å²) in [7, 11) is 0. The van der Waals surface area contributed by atoms with Crippen LogP contribution in [0.5, 0.6) is 0 Å². The number of nitrogens with one attached hydrogen (secondary N) is 1. The molecule has 0 radical (unpaired) electrons. The molecule has 1 aliphatic heterocycles. The summed E-state index contributed by atoms with van der Waals surface area (Å²) >= 11 is 1.49. The van der Waals surface area contributed by atoms with Crippen LogP contribution < -0.4 is 0 Å². The van der Waals surface area contributed by atoms with Gasteiger partial charge in [-0.15, -0.1) is 10.2 Å². The van der Waals surface area contributed by atoms with Crippen LogP contribution in [-0.2, 0) is 11.3 Å². The lowest BCUT2D eigenvalue weighted by molar-refractivity contribution is 0.0957. The van der Waals surface area contributed by atoms with Gasteiger partial charge in [0, 0.05) is 58.8 Å². The van der Waals surface area contributed by atoms with Gasteiger partial charge in [-0.3, -0.25) is 9.36 Å². The van der Waals surface area contributed by atoms with Crippen molar-refractivity contribution >= 4 is 28.4 Å². The van der Waals surface area contributed by atoms with Gasteiger partial charge in [-0.2, -0.15) is 0 Å². The van der Waals surface area contributed by atoms with Crippen LogP contribution in [0.15, 0.2) is 41.7 Å². The maximum Gasteiger partial charge on any atom is 0.192 e. The number of para-hydroxylation sites is 1.